The monoisotopic (exact) mass is 678 g/mol. The molecule has 2 radical (unpaired) electrons. The molecule has 4 N–H and O–H groups in total. The molecule has 16 heteroatoms. The third kappa shape index (κ3) is 8.46. The maximum Gasteiger partial charge on any atom is 0.296 e. The fourth-order valence-corrected chi connectivity index (χ4v) is 5.72. The molecule has 0 atom stereocenters. The van der Waals surface area contributed by atoms with Crippen LogP contribution in [0.1, 0.15) is 11.1 Å². The molecule has 0 amide bonds. The Bertz CT molecular complexity index is 2230. The molecule has 0 aliphatic carbocycles. The zero-order chi connectivity index (χ0) is 31.8. The zero-order valence-corrected chi connectivity index (χ0v) is 30.7. The van der Waals surface area contributed by atoms with E-state index < -0.39 is 41.5 Å². The first-order valence-corrected chi connectivity index (χ1v) is 15.7. The Labute approximate surface area is 309 Å². The van der Waals surface area contributed by atoms with Gasteiger partial charge < -0.3 is 10.2 Å². The number of rotatable bonds is 7. The molecule has 0 bridgehead atoms. The van der Waals surface area contributed by atoms with E-state index in [2.05, 4.69) is 20.5 Å². The van der Waals surface area contributed by atoms with Crippen LogP contribution in [0.5, 0.6) is 11.5 Å². The van der Waals surface area contributed by atoms with Gasteiger partial charge in [0.2, 0.25) is 0 Å². The first kappa shape index (κ1) is 37.4. The van der Waals surface area contributed by atoms with E-state index >= 15 is 0 Å². The van der Waals surface area contributed by atoms with E-state index in [1.54, 1.807) is 24.3 Å². The molecular weight excluding hydrogens is 654 g/mol. The standard InChI is InChI=1S/C30H24N4O8S2.2Na/c1-17-13-21(32-31-20-3-7-23(35)8-4-20)5-10-25(17)26-11-6-22(14-18(26)2)33-34-29-28(44(40,41)42)16-19-15-24(43(37,38)39)9-12-27(19)30(29)36;;/h3-16,35-36H,1-2H3,(H,37,38,39)(H,40,41,42);;. The Hall–Kier alpha value is -3.02. The van der Waals surface area contributed by atoms with Gasteiger partial charge in [-0.1, -0.05) is 12.1 Å². The Balaban J connectivity index is 0.00000288. The second-order valence-electron chi connectivity index (χ2n) is 9.82. The van der Waals surface area contributed by atoms with Gasteiger partial charge in [-0.05, 0) is 114 Å². The van der Waals surface area contributed by atoms with E-state index in [0.29, 0.717) is 17.1 Å². The number of phenols is 2. The number of aromatic hydroxyl groups is 2. The van der Waals surface area contributed by atoms with Gasteiger partial charge in [-0.3, -0.25) is 9.11 Å². The van der Waals surface area contributed by atoms with Crippen molar-refractivity contribution in [2.75, 3.05) is 0 Å². The van der Waals surface area contributed by atoms with Crippen LogP contribution in [0.25, 0.3) is 21.9 Å². The molecule has 226 valence electrons. The number of azo groups is 2. The summed E-state index contributed by atoms with van der Waals surface area (Å²) in [6.45, 7) is 3.79. The summed E-state index contributed by atoms with van der Waals surface area (Å²) >= 11 is 0. The van der Waals surface area contributed by atoms with E-state index in [9.17, 15) is 36.2 Å². The number of fused-ring (bicyclic) bond motifs is 1. The average molecular weight is 679 g/mol. The summed E-state index contributed by atoms with van der Waals surface area (Å²) in [5.74, 6) is -0.520. The van der Waals surface area contributed by atoms with Gasteiger partial charge in [0, 0.05) is 64.5 Å². The van der Waals surface area contributed by atoms with Crippen LogP contribution < -0.4 is 0 Å². The van der Waals surface area contributed by atoms with Gasteiger partial charge in [-0.2, -0.15) is 32.2 Å². The molecule has 0 spiro atoms. The summed E-state index contributed by atoms with van der Waals surface area (Å²) in [7, 11) is -9.54. The molecule has 12 nitrogen and oxygen atoms in total. The van der Waals surface area contributed by atoms with Gasteiger partial charge in [0.1, 0.15) is 16.3 Å². The minimum absolute atomic E-state index is 0. The second-order valence-corrected chi connectivity index (χ2v) is 12.6. The van der Waals surface area contributed by atoms with Crippen molar-refractivity contribution in [3.8, 4) is 22.6 Å². The summed E-state index contributed by atoms with van der Waals surface area (Å²) < 4.78 is 66.4. The number of aryl methyl sites for hydroxylation is 2. The van der Waals surface area contributed by atoms with Crippen LogP contribution in [-0.2, 0) is 20.2 Å². The topological polar surface area (TPSA) is 199 Å². The fourth-order valence-electron chi connectivity index (χ4n) is 4.55. The van der Waals surface area contributed by atoms with Crippen molar-refractivity contribution in [2.45, 2.75) is 23.6 Å². The van der Waals surface area contributed by atoms with Crippen molar-refractivity contribution in [1.29, 1.82) is 0 Å². The second kappa shape index (κ2) is 14.8. The zero-order valence-electron chi connectivity index (χ0n) is 25.1. The number of phenolic OH excluding ortho intramolecular Hbond substituents is 2. The van der Waals surface area contributed by atoms with Gasteiger partial charge in [-0.15, -0.1) is 5.11 Å². The number of benzene rings is 5. The predicted octanol–water partition coefficient (Wildman–Crippen LogP) is 7.10. The minimum atomic E-state index is -4.93. The molecular formula is C30H24N4Na2O8S2. The maximum atomic E-state index is 12.1. The Morgan fingerprint density at radius 1 is 0.565 bits per heavy atom. The van der Waals surface area contributed by atoms with Gasteiger partial charge in [0.05, 0.1) is 22.0 Å². The predicted molar refractivity (Wildman–Crippen MR) is 175 cm³/mol. The van der Waals surface area contributed by atoms with Gasteiger partial charge in [0.15, 0.2) is 5.75 Å². The van der Waals surface area contributed by atoms with Gasteiger partial charge >= 0.3 is 0 Å². The first-order valence-electron chi connectivity index (χ1n) is 12.8. The van der Waals surface area contributed by atoms with Crippen LogP contribution in [0.15, 0.2) is 115 Å². The molecule has 0 saturated carbocycles. The molecule has 0 aliphatic heterocycles. The summed E-state index contributed by atoms with van der Waals surface area (Å²) in [5, 5.41) is 36.6. The molecule has 0 fully saturated rings. The van der Waals surface area contributed by atoms with Gasteiger partial charge in [0.25, 0.3) is 20.2 Å². The molecule has 0 aromatic heterocycles. The van der Waals surface area contributed by atoms with Crippen molar-refractivity contribution in [1.82, 2.24) is 0 Å². The fraction of sp³-hybridized carbons (Fsp3) is 0.0667. The van der Waals surface area contributed by atoms with Crippen LogP contribution >= 0.6 is 0 Å². The van der Waals surface area contributed by atoms with Crippen LogP contribution in [0.2, 0.25) is 0 Å². The summed E-state index contributed by atoms with van der Waals surface area (Å²) in [6.07, 6.45) is 0. The third-order valence-corrected chi connectivity index (χ3v) is 8.42. The first-order chi connectivity index (χ1) is 20.7. The molecule has 5 aromatic carbocycles. The van der Waals surface area contributed by atoms with Crippen molar-refractivity contribution >= 4 is 113 Å². The summed E-state index contributed by atoms with van der Waals surface area (Å²) in [4.78, 5) is -1.33. The van der Waals surface area contributed by atoms with E-state index in [-0.39, 0.29) is 75.6 Å². The van der Waals surface area contributed by atoms with E-state index in [1.165, 1.54) is 18.2 Å². The molecule has 0 unspecified atom stereocenters. The normalized spacial score (nSPS) is 11.9. The quantitative estimate of drug-likeness (QED) is 0.0793. The van der Waals surface area contributed by atoms with Crippen LogP contribution in [-0.4, -0.2) is 95.3 Å². The molecule has 0 saturated heterocycles. The largest absolute Gasteiger partial charge is 0.508 e. The molecule has 0 aliphatic rings. The van der Waals surface area contributed by atoms with E-state index in [4.69, 9.17) is 0 Å². The minimum Gasteiger partial charge on any atom is -0.508 e. The van der Waals surface area contributed by atoms with Crippen molar-refractivity contribution in [3.63, 3.8) is 0 Å². The van der Waals surface area contributed by atoms with Crippen molar-refractivity contribution < 1.29 is 36.2 Å². The number of hydrogen-bond acceptors (Lipinski definition) is 10. The maximum absolute atomic E-state index is 12.1. The van der Waals surface area contributed by atoms with Gasteiger partial charge in [-0.25, -0.2) is 0 Å². The number of nitrogens with zero attached hydrogens (tertiary/aromatic N) is 4. The van der Waals surface area contributed by atoms with Crippen molar-refractivity contribution in [2.24, 2.45) is 20.5 Å². The van der Waals surface area contributed by atoms with E-state index in [0.717, 1.165) is 40.5 Å². The average Bonchev–Trinajstić information content (AvgIpc) is 2.95. The van der Waals surface area contributed by atoms with Crippen LogP contribution in [0.3, 0.4) is 0 Å². The smallest absolute Gasteiger partial charge is 0.296 e. The Morgan fingerprint density at radius 2 is 1.07 bits per heavy atom. The summed E-state index contributed by atoms with van der Waals surface area (Å²) in [6, 6.07) is 21.2. The SMILES string of the molecule is Cc1cc(N=Nc2ccc(O)cc2)ccc1-c1ccc(N=Nc2c(S(=O)(=O)O)cc3cc(S(=O)(=O)O)ccc3c2O)cc1C.[Na].[Na]. The summed E-state index contributed by atoms with van der Waals surface area (Å²) in [5.41, 5.74) is 4.59. The number of hydrogen-bond donors (Lipinski definition) is 4. The molecule has 5 rings (SSSR count). The molecule has 5 aromatic rings. The van der Waals surface area contributed by atoms with E-state index in [1.807, 2.05) is 38.1 Å². The van der Waals surface area contributed by atoms with Crippen molar-refractivity contribution in [3.05, 3.63) is 96.1 Å². The Kier molecular flexibility index (Phi) is 12.1. The third-order valence-electron chi connectivity index (χ3n) is 6.70. The molecule has 0 heterocycles. The van der Waals surface area contributed by atoms with Crippen LogP contribution in [0, 0.1) is 13.8 Å². The molecule has 46 heavy (non-hydrogen) atoms. The Morgan fingerprint density at radius 3 is 1.57 bits per heavy atom. The van der Waals surface area contributed by atoms with Crippen LogP contribution in [0.4, 0.5) is 22.7 Å².